The van der Waals surface area contributed by atoms with Gasteiger partial charge in [-0.1, -0.05) is 48.5 Å². The summed E-state index contributed by atoms with van der Waals surface area (Å²) in [5.74, 6) is 2.00. The summed E-state index contributed by atoms with van der Waals surface area (Å²) in [5.41, 5.74) is 5.51. The summed E-state index contributed by atoms with van der Waals surface area (Å²) in [5, 5.41) is 12.5. The van der Waals surface area contributed by atoms with E-state index in [9.17, 15) is 0 Å². The average molecular weight is 384 g/mol. The number of thioether (sulfide) groups is 1. The average Bonchev–Trinajstić information content (AvgIpc) is 3.24. The van der Waals surface area contributed by atoms with Crippen LogP contribution in [0.4, 0.5) is 0 Å². The molecule has 0 saturated heterocycles. The van der Waals surface area contributed by atoms with Gasteiger partial charge in [-0.3, -0.25) is 0 Å². The Morgan fingerprint density at radius 1 is 1.19 bits per heavy atom. The molecule has 0 atom stereocenters. The number of aryl methyl sites for hydroxylation is 2. The summed E-state index contributed by atoms with van der Waals surface area (Å²) in [6.45, 7) is 5.34. The van der Waals surface area contributed by atoms with Crippen molar-refractivity contribution in [3.05, 3.63) is 51.2 Å². The first-order valence-electron chi connectivity index (χ1n) is 9.47. The van der Waals surface area contributed by atoms with Crippen LogP contribution in [0.25, 0.3) is 11.4 Å². The van der Waals surface area contributed by atoms with Crippen molar-refractivity contribution in [1.82, 2.24) is 14.8 Å². The summed E-state index contributed by atoms with van der Waals surface area (Å²) in [6, 6.07) is 8.72. The van der Waals surface area contributed by atoms with Crippen molar-refractivity contribution in [3.63, 3.8) is 0 Å². The van der Waals surface area contributed by atoms with Crippen molar-refractivity contribution in [2.45, 2.75) is 63.4 Å². The normalized spacial score (nSPS) is 13.8. The van der Waals surface area contributed by atoms with Gasteiger partial charge in [-0.25, -0.2) is 0 Å². The highest BCUT2D eigenvalue weighted by Crippen LogP contribution is 2.37. The Balaban J connectivity index is 1.62. The van der Waals surface area contributed by atoms with E-state index in [1.807, 2.05) is 11.3 Å². The van der Waals surface area contributed by atoms with E-state index in [2.05, 4.69) is 58.3 Å². The predicted octanol–water partition coefficient (Wildman–Crippen LogP) is 5.90. The Bertz CT molecular complexity index is 895. The molecule has 3 nitrogen and oxygen atoms in total. The lowest BCUT2D eigenvalue weighted by atomic mass is 9.95. The molecule has 4 rings (SSSR count). The van der Waals surface area contributed by atoms with E-state index in [1.54, 1.807) is 16.6 Å². The fraction of sp³-hybridized carbons (Fsp3) is 0.429. The highest BCUT2D eigenvalue weighted by molar-refractivity contribution is 7.98. The molecule has 1 aliphatic rings. The molecule has 0 aliphatic heterocycles. The number of fused-ring (bicyclic) bond motifs is 1. The van der Waals surface area contributed by atoms with Crippen LogP contribution in [0.3, 0.4) is 0 Å². The number of aromatic nitrogens is 3. The zero-order valence-corrected chi connectivity index (χ0v) is 17.1. The van der Waals surface area contributed by atoms with Crippen LogP contribution in [0.2, 0.25) is 0 Å². The topological polar surface area (TPSA) is 30.7 Å². The fourth-order valence-corrected chi connectivity index (χ4v) is 5.68. The first-order chi connectivity index (χ1) is 12.8. The Morgan fingerprint density at radius 2 is 2.08 bits per heavy atom. The third kappa shape index (κ3) is 3.60. The standard InChI is InChI=1S/C21H25N3S2/c1-3-11-24-20(18-14-25-19-10-5-4-9-17(18)19)22-23-21(24)26-13-16-8-6-7-15(2)12-16/h6-8,12,14H,3-5,9-11,13H2,1-2H3. The molecule has 0 N–H and O–H groups in total. The lowest BCUT2D eigenvalue weighted by Crippen LogP contribution is -2.05. The van der Waals surface area contributed by atoms with Gasteiger partial charge in [-0.2, -0.15) is 0 Å². The van der Waals surface area contributed by atoms with Crippen molar-refractivity contribution >= 4 is 23.1 Å². The first kappa shape index (κ1) is 17.8. The Hall–Kier alpha value is -1.59. The SMILES string of the molecule is CCCn1c(SCc2cccc(C)c2)nnc1-c1csc2c1CCCC2. The summed E-state index contributed by atoms with van der Waals surface area (Å²) >= 11 is 3.70. The molecule has 0 fully saturated rings. The molecule has 1 aliphatic carbocycles. The van der Waals surface area contributed by atoms with Crippen molar-refractivity contribution in [2.75, 3.05) is 0 Å². The van der Waals surface area contributed by atoms with E-state index >= 15 is 0 Å². The number of hydrogen-bond acceptors (Lipinski definition) is 4. The second kappa shape index (κ2) is 7.97. The smallest absolute Gasteiger partial charge is 0.191 e. The Labute approximate surface area is 163 Å². The molecule has 26 heavy (non-hydrogen) atoms. The van der Waals surface area contributed by atoms with E-state index < -0.39 is 0 Å². The number of hydrogen-bond donors (Lipinski definition) is 0. The maximum absolute atomic E-state index is 4.61. The highest BCUT2D eigenvalue weighted by Gasteiger charge is 2.22. The number of thiophene rings is 1. The van der Waals surface area contributed by atoms with Gasteiger partial charge in [0, 0.05) is 28.1 Å². The molecule has 2 heterocycles. The van der Waals surface area contributed by atoms with Crippen LogP contribution < -0.4 is 0 Å². The molecular weight excluding hydrogens is 358 g/mol. The Morgan fingerprint density at radius 3 is 2.92 bits per heavy atom. The second-order valence-corrected chi connectivity index (χ2v) is 8.90. The van der Waals surface area contributed by atoms with Crippen LogP contribution in [0.1, 0.15) is 47.8 Å². The van der Waals surface area contributed by atoms with E-state index in [-0.39, 0.29) is 0 Å². The summed E-state index contributed by atoms with van der Waals surface area (Å²) < 4.78 is 2.33. The van der Waals surface area contributed by atoms with Gasteiger partial charge in [0.1, 0.15) is 0 Å². The number of rotatable bonds is 6. The first-order valence-corrected chi connectivity index (χ1v) is 11.3. The number of benzene rings is 1. The third-order valence-corrected chi connectivity index (χ3v) is 7.04. The number of nitrogens with zero attached hydrogens (tertiary/aromatic N) is 3. The zero-order valence-electron chi connectivity index (χ0n) is 15.5. The van der Waals surface area contributed by atoms with Crippen LogP contribution >= 0.6 is 23.1 Å². The zero-order chi connectivity index (χ0) is 17.9. The minimum absolute atomic E-state index is 0.936. The van der Waals surface area contributed by atoms with E-state index in [0.29, 0.717) is 0 Å². The molecule has 0 unspecified atom stereocenters. The molecule has 0 bridgehead atoms. The Kier molecular flexibility index (Phi) is 5.46. The van der Waals surface area contributed by atoms with Gasteiger partial charge in [-0.15, -0.1) is 21.5 Å². The van der Waals surface area contributed by atoms with Gasteiger partial charge >= 0.3 is 0 Å². The maximum atomic E-state index is 4.61. The van der Waals surface area contributed by atoms with Gasteiger partial charge in [0.2, 0.25) is 0 Å². The minimum atomic E-state index is 0.936. The summed E-state index contributed by atoms with van der Waals surface area (Å²) in [4.78, 5) is 1.56. The predicted molar refractivity (Wildman–Crippen MR) is 111 cm³/mol. The van der Waals surface area contributed by atoms with E-state index in [0.717, 1.165) is 29.7 Å². The summed E-state index contributed by atoms with van der Waals surface area (Å²) in [6.07, 6.45) is 6.14. The van der Waals surface area contributed by atoms with Crippen LogP contribution in [0.5, 0.6) is 0 Å². The van der Waals surface area contributed by atoms with Crippen LogP contribution in [-0.2, 0) is 25.1 Å². The molecule has 3 aromatic rings. The van der Waals surface area contributed by atoms with Crippen molar-refractivity contribution in [2.24, 2.45) is 0 Å². The van der Waals surface area contributed by atoms with E-state index in [4.69, 9.17) is 0 Å². The van der Waals surface area contributed by atoms with Gasteiger partial charge in [0.05, 0.1) is 0 Å². The second-order valence-electron chi connectivity index (χ2n) is 6.99. The van der Waals surface area contributed by atoms with Crippen molar-refractivity contribution in [3.8, 4) is 11.4 Å². The van der Waals surface area contributed by atoms with Gasteiger partial charge in [-0.05, 0) is 50.2 Å². The molecule has 0 amide bonds. The van der Waals surface area contributed by atoms with Crippen molar-refractivity contribution in [1.29, 1.82) is 0 Å². The van der Waals surface area contributed by atoms with Crippen LogP contribution in [0.15, 0.2) is 34.8 Å². The van der Waals surface area contributed by atoms with Crippen LogP contribution in [-0.4, -0.2) is 14.8 Å². The molecule has 1 aromatic carbocycles. The molecule has 5 heteroatoms. The lowest BCUT2D eigenvalue weighted by molar-refractivity contribution is 0.625. The lowest BCUT2D eigenvalue weighted by Gasteiger charge is -2.13. The molecule has 0 spiro atoms. The van der Waals surface area contributed by atoms with Gasteiger partial charge < -0.3 is 4.57 Å². The van der Waals surface area contributed by atoms with Crippen LogP contribution in [0, 0.1) is 6.92 Å². The quantitative estimate of drug-likeness (QED) is 0.497. The molecule has 0 radical (unpaired) electrons. The largest absolute Gasteiger partial charge is 0.302 e. The molecular formula is C21H25N3S2. The monoisotopic (exact) mass is 383 g/mol. The molecule has 0 saturated carbocycles. The fourth-order valence-electron chi connectivity index (χ4n) is 3.65. The molecule has 2 aromatic heterocycles. The maximum Gasteiger partial charge on any atom is 0.191 e. The third-order valence-electron chi connectivity index (χ3n) is 4.92. The molecule has 136 valence electrons. The van der Waals surface area contributed by atoms with E-state index in [1.165, 1.54) is 47.9 Å². The highest BCUT2D eigenvalue weighted by atomic mass is 32.2. The van der Waals surface area contributed by atoms with Gasteiger partial charge in [0.25, 0.3) is 0 Å². The van der Waals surface area contributed by atoms with Crippen molar-refractivity contribution < 1.29 is 0 Å². The minimum Gasteiger partial charge on any atom is -0.302 e. The summed E-state index contributed by atoms with van der Waals surface area (Å²) in [7, 11) is 0. The van der Waals surface area contributed by atoms with Gasteiger partial charge in [0.15, 0.2) is 11.0 Å².